The molecule has 1 aromatic carbocycles. The molecule has 0 saturated carbocycles. The van der Waals surface area contributed by atoms with E-state index in [-0.39, 0.29) is 42.0 Å². The Kier molecular flexibility index (Phi) is 4.84. The van der Waals surface area contributed by atoms with Crippen molar-refractivity contribution >= 4 is 17.3 Å². The number of cyclic esters (lactones) is 1. The van der Waals surface area contributed by atoms with Crippen LogP contribution in [0, 0.1) is 26.2 Å². The lowest BCUT2D eigenvalue weighted by atomic mass is 9.70. The monoisotopic (exact) mass is 461 g/mol. The average Bonchev–Trinajstić information content (AvgIpc) is 3.11. The molecule has 7 nitrogen and oxygen atoms in total. The van der Waals surface area contributed by atoms with Crippen LogP contribution >= 0.6 is 0 Å². The minimum absolute atomic E-state index is 0.0784. The van der Waals surface area contributed by atoms with Gasteiger partial charge in [0.15, 0.2) is 5.60 Å². The summed E-state index contributed by atoms with van der Waals surface area (Å²) >= 11 is 0. The van der Waals surface area contributed by atoms with Crippen LogP contribution in [0.1, 0.15) is 71.3 Å². The number of hydrogen-bond donors (Lipinski definition) is 3. The summed E-state index contributed by atoms with van der Waals surface area (Å²) in [6.07, 6.45) is 1.69. The third kappa shape index (κ3) is 2.86. The largest absolute Gasteiger partial charge is 0.458 e. The lowest BCUT2D eigenvalue weighted by Gasteiger charge is -2.38. The highest BCUT2D eigenvalue weighted by atomic mass is 16.6. The Bertz CT molecular complexity index is 1400. The Hall–Kier alpha value is -3.03. The molecule has 0 saturated heterocycles. The van der Waals surface area contributed by atoms with Gasteiger partial charge >= 0.3 is 5.97 Å². The first-order valence-electron chi connectivity index (χ1n) is 11.8. The highest BCUT2D eigenvalue weighted by Crippen LogP contribution is 2.45. The SMILES string of the molecule is CC[C@@]1(O)C(=O)OCc2c1cc1n(c2=O)C/C(=C2/c3c(C)cc(C)c(C)c3CC[C@]2(C)N)C1=N. The van der Waals surface area contributed by atoms with Gasteiger partial charge in [-0.1, -0.05) is 13.0 Å². The highest BCUT2D eigenvalue weighted by molar-refractivity contribution is 6.17. The van der Waals surface area contributed by atoms with E-state index >= 15 is 0 Å². The Labute approximate surface area is 198 Å². The molecule has 7 heteroatoms. The number of rotatable bonds is 1. The van der Waals surface area contributed by atoms with Gasteiger partial charge in [0.25, 0.3) is 5.56 Å². The zero-order valence-electron chi connectivity index (χ0n) is 20.4. The van der Waals surface area contributed by atoms with E-state index in [1.54, 1.807) is 17.6 Å². The van der Waals surface area contributed by atoms with E-state index < -0.39 is 17.1 Å². The maximum Gasteiger partial charge on any atom is 0.343 e. The lowest BCUT2D eigenvalue weighted by Crippen LogP contribution is -2.44. The van der Waals surface area contributed by atoms with Crippen LogP contribution in [-0.4, -0.2) is 26.9 Å². The molecular formula is C27H31N3O4. The van der Waals surface area contributed by atoms with Gasteiger partial charge in [0.1, 0.15) is 6.61 Å². The van der Waals surface area contributed by atoms with Gasteiger partial charge in [0.05, 0.1) is 23.5 Å². The van der Waals surface area contributed by atoms with E-state index in [0.717, 1.165) is 35.1 Å². The number of esters is 1. The minimum atomic E-state index is -1.89. The average molecular weight is 462 g/mol. The van der Waals surface area contributed by atoms with Crippen LogP contribution in [0.15, 0.2) is 22.5 Å². The smallest absolute Gasteiger partial charge is 0.343 e. The predicted octanol–water partition coefficient (Wildman–Crippen LogP) is 2.93. The lowest BCUT2D eigenvalue weighted by molar-refractivity contribution is -0.172. The molecule has 5 rings (SSSR count). The summed E-state index contributed by atoms with van der Waals surface area (Å²) in [6.45, 7) is 10.0. The summed E-state index contributed by atoms with van der Waals surface area (Å²) in [7, 11) is 0. The van der Waals surface area contributed by atoms with Gasteiger partial charge in [-0.15, -0.1) is 0 Å². The third-order valence-corrected chi connectivity index (χ3v) is 8.11. The molecule has 1 aliphatic carbocycles. The van der Waals surface area contributed by atoms with Crippen molar-refractivity contribution in [2.24, 2.45) is 5.73 Å². The Morgan fingerprint density at radius 3 is 2.56 bits per heavy atom. The number of pyridine rings is 1. The fourth-order valence-electron chi connectivity index (χ4n) is 5.98. The number of ether oxygens (including phenoxy) is 1. The molecule has 3 aliphatic rings. The van der Waals surface area contributed by atoms with Crippen molar-refractivity contribution in [1.82, 2.24) is 4.57 Å². The predicted molar refractivity (Wildman–Crippen MR) is 130 cm³/mol. The second-order valence-electron chi connectivity index (χ2n) is 10.2. The molecule has 0 spiro atoms. The van der Waals surface area contributed by atoms with Crippen LogP contribution in [-0.2, 0) is 34.7 Å². The molecule has 0 unspecified atom stereocenters. The third-order valence-electron chi connectivity index (χ3n) is 8.11. The first-order valence-corrected chi connectivity index (χ1v) is 11.8. The first kappa shape index (κ1) is 22.7. The molecule has 0 radical (unpaired) electrons. The minimum Gasteiger partial charge on any atom is -0.458 e. The van der Waals surface area contributed by atoms with Crippen LogP contribution in [0.4, 0.5) is 0 Å². The topological polar surface area (TPSA) is 118 Å². The van der Waals surface area contributed by atoms with Crippen molar-refractivity contribution < 1.29 is 14.6 Å². The Morgan fingerprint density at radius 2 is 1.88 bits per heavy atom. The van der Waals surface area contributed by atoms with Crippen molar-refractivity contribution in [3.63, 3.8) is 0 Å². The molecule has 3 heterocycles. The highest BCUT2D eigenvalue weighted by Gasteiger charge is 2.46. The van der Waals surface area contributed by atoms with E-state index in [0.29, 0.717) is 5.69 Å². The quantitative estimate of drug-likeness (QED) is 0.565. The molecule has 1 aromatic heterocycles. The second-order valence-corrected chi connectivity index (χ2v) is 10.2. The number of aryl methyl sites for hydroxylation is 2. The number of nitrogens with one attached hydrogen (secondary N) is 1. The number of carbonyl (C=O) groups is 1. The summed E-state index contributed by atoms with van der Waals surface area (Å²) in [4.78, 5) is 25.8. The van der Waals surface area contributed by atoms with Crippen molar-refractivity contribution in [3.8, 4) is 0 Å². The molecule has 0 bridgehead atoms. The van der Waals surface area contributed by atoms with Gasteiger partial charge in [0.2, 0.25) is 0 Å². The summed E-state index contributed by atoms with van der Waals surface area (Å²) in [5.41, 5.74) is 12.7. The number of carbonyl (C=O) groups excluding carboxylic acids is 1. The number of aliphatic hydroxyl groups is 1. The molecule has 2 aromatic rings. The molecule has 2 aliphatic heterocycles. The van der Waals surface area contributed by atoms with Crippen LogP contribution in [0.2, 0.25) is 0 Å². The van der Waals surface area contributed by atoms with Gasteiger partial charge in [-0.3, -0.25) is 10.2 Å². The van der Waals surface area contributed by atoms with Gasteiger partial charge in [-0.25, -0.2) is 4.79 Å². The maximum atomic E-state index is 13.5. The Balaban J connectivity index is 1.78. The molecule has 178 valence electrons. The number of nitrogens with zero attached hydrogens (tertiary/aromatic N) is 1. The van der Waals surface area contributed by atoms with Crippen molar-refractivity contribution in [1.29, 1.82) is 5.41 Å². The molecule has 0 fully saturated rings. The summed E-state index contributed by atoms with van der Waals surface area (Å²) < 4.78 is 6.71. The van der Waals surface area contributed by atoms with Crippen LogP contribution in [0.5, 0.6) is 0 Å². The number of benzene rings is 1. The van der Waals surface area contributed by atoms with E-state index in [9.17, 15) is 14.7 Å². The van der Waals surface area contributed by atoms with E-state index in [1.807, 2.05) is 6.92 Å². The fraction of sp³-hybridized carbons (Fsp3) is 0.444. The number of nitrogens with two attached hydrogens (primary N) is 1. The summed E-state index contributed by atoms with van der Waals surface area (Å²) in [6, 6.07) is 3.79. The van der Waals surface area contributed by atoms with E-state index in [1.165, 1.54) is 16.7 Å². The van der Waals surface area contributed by atoms with Crippen LogP contribution in [0.3, 0.4) is 0 Å². The molecule has 0 amide bonds. The number of hydrogen-bond acceptors (Lipinski definition) is 6. The summed E-state index contributed by atoms with van der Waals surface area (Å²) in [5, 5.41) is 20.1. The van der Waals surface area contributed by atoms with Crippen LogP contribution < -0.4 is 11.3 Å². The zero-order valence-corrected chi connectivity index (χ0v) is 20.4. The Morgan fingerprint density at radius 1 is 1.18 bits per heavy atom. The van der Waals surface area contributed by atoms with Crippen molar-refractivity contribution in [2.75, 3.05) is 0 Å². The van der Waals surface area contributed by atoms with Crippen molar-refractivity contribution in [3.05, 3.63) is 72.7 Å². The van der Waals surface area contributed by atoms with E-state index in [2.05, 4.69) is 26.8 Å². The van der Waals surface area contributed by atoms with Gasteiger partial charge in [-0.2, -0.15) is 0 Å². The zero-order chi connectivity index (χ0) is 24.7. The number of aromatic nitrogens is 1. The standard InChI is InChI=1S/C27H31N3O4/c1-6-27(33)19-10-20-23(28)17(11-30(20)24(31)18(19)12-34-25(27)32)22-21-14(3)9-13(2)15(4)16(21)7-8-26(22,5)29/h9-10,28,33H,6-8,11-12,29H2,1-5H3/b22-17+,28-23?/t26-,27-/m0/s1. The fourth-order valence-corrected chi connectivity index (χ4v) is 5.98. The number of fused-ring (bicyclic) bond motifs is 3. The number of allylic oxidation sites excluding steroid dienone is 1. The van der Waals surface area contributed by atoms with Crippen molar-refractivity contribution in [2.45, 2.75) is 78.2 Å². The molecule has 2 atom stereocenters. The van der Waals surface area contributed by atoms with E-state index in [4.69, 9.17) is 15.9 Å². The van der Waals surface area contributed by atoms with Gasteiger partial charge in [0, 0.05) is 16.7 Å². The maximum absolute atomic E-state index is 13.5. The van der Waals surface area contributed by atoms with Crippen LogP contribution in [0.25, 0.3) is 5.57 Å². The first-order chi connectivity index (χ1) is 15.9. The molecule has 34 heavy (non-hydrogen) atoms. The normalized spacial score (nSPS) is 27.9. The van der Waals surface area contributed by atoms with Gasteiger partial charge < -0.3 is 20.1 Å². The summed E-state index contributed by atoms with van der Waals surface area (Å²) in [5.74, 6) is -0.757. The molecular weight excluding hydrogens is 430 g/mol. The second kappa shape index (κ2) is 7.23. The van der Waals surface area contributed by atoms with Gasteiger partial charge in [-0.05, 0) is 86.4 Å². The molecule has 4 N–H and O–H groups in total.